The van der Waals surface area contributed by atoms with Gasteiger partial charge in [-0.25, -0.2) is 19.6 Å². The molecule has 0 atom stereocenters. The number of amides is 2. The topological polar surface area (TPSA) is 84.9 Å². The van der Waals surface area contributed by atoms with Crippen molar-refractivity contribution in [2.24, 2.45) is 0 Å². The van der Waals surface area contributed by atoms with Crippen molar-refractivity contribution < 1.29 is 19.1 Å². The lowest BCUT2D eigenvalue weighted by Gasteiger charge is -2.34. The molecule has 3 rings (SSSR count). The molecule has 0 spiro atoms. The van der Waals surface area contributed by atoms with Crippen molar-refractivity contribution in [2.75, 3.05) is 26.2 Å². The molecule has 2 amide bonds. The molecule has 0 unspecified atom stereocenters. The molecule has 30 heavy (non-hydrogen) atoms. The summed E-state index contributed by atoms with van der Waals surface area (Å²) in [6.45, 7) is 6.96. The number of alkyl halides is 1. The Bertz CT molecular complexity index is 891. The van der Waals surface area contributed by atoms with Crippen LogP contribution in [-0.4, -0.2) is 63.7 Å². The van der Waals surface area contributed by atoms with Crippen LogP contribution in [0.1, 0.15) is 26.3 Å². The molecule has 8 nitrogen and oxygen atoms in total. The van der Waals surface area contributed by atoms with Crippen molar-refractivity contribution in [1.82, 2.24) is 19.8 Å². The van der Waals surface area contributed by atoms with Crippen LogP contribution >= 0.6 is 11.6 Å². The van der Waals surface area contributed by atoms with Crippen LogP contribution in [-0.2, 0) is 10.6 Å². The molecule has 1 aliphatic heterocycles. The second kappa shape index (κ2) is 9.30. The van der Waals surface area contributed by atoms with Crippen LogP contribution in [0.4, 0.5) is 9.59 Å². The summed E-state index contributed by atoms with van der Waals surface area (Å²) in [4.78, 5) is 36.2. The smallest absolute Gasteiger partial charge is 0.415 e. The number of aromatic nitrogens is 2. The number of nitrogens with zero attached hydrogens (tertiary/aromatic N) is 4. The number of hydrogen-bond donors (Lipinski definition) is 0. The van der Waals surface area contributed by atoms with Crippen LogP contribution in [0, 0.1) is 0 Å². The average molecular weight is 433 g/mol. The van der Waals surface area contributed by atoms with Crippen molar-refractivity contribution in [2.45, 2.75) is 32.3 Å². The van der Waals surface area contributed by atoms with Crippen molar-refractivity contribution in [1.29, 1.82) is 0 Å². The van der Waals surface area contributed by atoms with E-state index < -0.39 is 11.7 Å². The van der Waals surface area contributed by atoms with Gasteiger partial charge in [-0.15, -0.1) is 11.6 Å². The molecule has 160 valence electrons. The Morgan fingerprint density at radius 2 is 1.63 bits per heavy atom. The lowest BCUT2D eigenvalue weighted by atomic mass is 10.1. The van der Waals surface area contributed by atoms with Crippen LogP contribution < -0.4 is 4.74 Å². The third kappa shape index (κ3) is 5.82. The van der Waals surface area contributed by atoms with Crippen molar-refractivity contribution in [3.63, 3.8) is 0 Å². The predicted molar refractivity (Wildman–Crippen MR) is 112 cm³/mol. The molecule has 0 saturated carbocycles. The van der Waals surface area contributed by atoms with E-state index in [4.69, 9.17) is 21.1 Å². The third-order valence-corrected chi connectivity index (χ3v) is 4.67. The lowest BCUT2D eigenvalue weighted by molar-refractivity contribution is 0.0154. The maximum atomic E-state index is 12.4. The number of carbonyl (C=O) groups excluding carboxylic acids is 2. The van der Waals surface area contributed by atoms with E-state index in [0.717, 1.165) is 11.1 Å². The average Bonchev–Trinajstić information content (AvgIpc) is 2.73. The molecule has 1 saturated heterocycles. The Morgan fingerprint density at radius 1 is 1.03 bits per heavy atom. The molecular formula is C21H25ClN4O4. The van der Waals surface area contributed by atoms with Gasteiger partial charge >= 0.3 is 12.2 Å². The third-order valence-electron chi connectivity index (χ3n) is 4.36. The number of halogens is 1. The summed E-state index contributed by atoms with van der Waals surface area (Å²) < 4.78 is 10.7. The van der Waals surface area contributed by atoms with Crippen molar-refractivity contribution in [3.8, 4) is 17.1 Å². The number of benzene rings is 1. The van der Waals surface area contributed by atoms with Gasteiger partial charge < -0.3 is 19.3 Å². The molecule has 0 aliphatic carbocycles. The Balaban J connectivity index is 1.53. The van der Waals surface area contributed by atoms with Gasteiger partial charge in [-0.05, 0) is 32.4 Å². The normalized spacial score (nSPS) is 14.4. The molecule has 0 N–H and O–H groups in total. The molecule has 1 aromatic carbocycles. The van der Waals surface area contributed by atoms with Gasteiger partial charge in [-0.3, -0.25) is 0 Å². The minimum atomic E-state index is -0.551. The van der Waals surface area contributed by atoms with Crippen molar-refractivity contribution in [3.05, 3.63) is 42.2 Å². The van der Waals surface area contributed by atoms with E-state index in [-0.39, 0.29) is 11.8 Å². The van der Waals surface area contributed by atoms with Crippen molar-refractivity contribution >= 4 is 23.8 Å². The Morgan fingerprint density at radius 3 is 2.20 bits per heavy atom. The predicted octanol–water partition coefficient (Wildman–Crippen LogP) is 3.93. The van der Waals surface area contributed by atoms with Gasteiger partial charge in [0, 0.05) is 37.6 Å². The van der Waals surface area contributed by atoms with Crippen LogP contribution in [0.25, 0.3) is 11.4 Å². The fourth-order valence-corrected chi connectivity index (χ4v) is 3.04. The zero-order valence-electron chi connectivity index (χ0n) is 17.3. The summed E-state index contributed by atoms with van der Waals surface area (Å²) in [6, 6.07) is 7.62. The van der Waals surface area contributed by atoms with Crippen LogP contribution in [0.2, 0.25) is 0 Å². The summed E-state index contributed by atoms with van der Waals surface area (Å²) in [6.07, 6.45) is 2.05. The molecule has 1 fully saturated rings. The molecular weight excluding hydrogens is 408 g/mol. The number of piperazine rings is 1. The van der Waals surface area contributed by atoms with Gasteiger partial charge in [0.1, 0.15) is 5.60 Å². The second-order valence-electron chi connectivity index (χ2n) is 7.90. The van der Waals surface area contributed by atoms with Gasteiger partial charge in [-0.2, -0.15) is 0 Å². The Hall–Kier alpha value is -2.87. The molecule has 0 radical (unpaired) electrons. The highest BCUT2D eigenvalue weighted by molar-refractivity contribution is 6.17. The molecule has 1 aliphatic rings. The summed E-state index contributed by atoms with van der Waals surface area (Å²) in [7, 11) is 0. The quantitative estimate of drug-likeness (QED) is 0.683. The largest absolute Gasteiger partial charge is 0.444 e. The maximum Gasteiger partial charge on any atom is 0.415 e. The number of rotatable bonds is 3. The van der Waals surface area contributed by atoms with E-state index in [0.29, 0.717) is 37.9 Å². The molecule has 2 heterocycles. The highest BCUT2D eigenvalue weighted by Crippen LogP contribution is 2.19. The SMILES string of the molecule is CC(C)(C)OC(=O)N1CCN(C(=O)Oc2cnc(-c3cccc(CCl)c3)nc2)CC1. The first kappa shape index (κ1) is 21.8. The second-order valence-corrected chi connectivity index (χ2v) is 8.17. The van der Waals surface area contributed by atoms with Gasteiger partial charge in [-0.1, -0.05) is 18.2 Å². The first-order chi connectivity index (χ1) is 14.2. The molecule has 2 aromatic rings. The minimum Gasteiger partial charge on any atom is -0.444 e. The summed E-state index contributed by atoms with van der Waals surface area (Å²) in [5.41, 5.74) is 1.26. The van der Waals surface area contributed by atoms with Gasteiger partial charge in [0.2, 0.25) is 0 Å². The maximum absolute atomic E-state index is 12.4. The van der Waals surface area contributed by atoms with Gasteiger partial charge in [0.05, 0.1) is 12.4 Å². The highest BCUT2D eigenvalue weighted by Gasteiger charge is 2.28. The van der Waals surface area contributed by atoms with Crippen LogP contribution in [0.3, 0.4) is 0 Å². The standard InChI is InChI=1S/C21H25ClN4O4/c1-21(2,3)30-20(28)26-9-7-25(8-10-26)19(27)29-17-13-23-18(24-14-17)16-6-4-5-15(11-16)12-22/h4-6,11,13-14H,7-10,12H2,1-3H3. The Labute approximate surface area is 180 Å². The first-order valence-electron chi connectivity index (χ1n) is 9.67. The molecule has 9 heteroatoms. The fourth-order valence-electron chi connectivity index (χ4n) is 2.87. The number of carbonyl (C=O) groups is 2. The van der Waals surface area contributed by atoms with Crippen LogP contribution in [0.5, 0.6) is 5.75 Å². The zero-order chi connectivity index (χ0) is 21.7. The molecule has 1 aromatic heterocycles. The number of ether oxygens (including phenoxy) is 2. The van der Waals surface area contributed by atoms with E-state index in [1.54, 1.807) is 9.80 Å². The Kier molecular flexibility index (Phi) is 6.77. The molecule has 0 bridgehead atoms. The van der Waals surface area contributed by atoms with Crippen LogP contribution in [0.15, 0.2) is 36.7 Å². The minimum absolute atomic E-state index is 0.256. The van der Waals surface area contributed by atoms with E-state index in [2.05, 4.69) is 9.97 Å². The summed E-state index contributed by atoms with van der Waals surface area (Å²) in [5, 5.41) is 0. The highest BCUT2D eigenvalue weighted by atomic mass is 35.5. The number of hydrogen-bond acceptors (Lipinski definition) is 6. The first-order valence-corrected chi connectivity index (χ1v) is 10.2. The fraction of sp³-hybridized carbons (Fsp3) is 0.429. The lowest BCUT2D eigenvalue weighted by Crippen LogP contribution is -2.52. The zero-order valence-corrected chi connectivity index (χ0v) is 18.1. The summed E-state index contributed by atoms with van der Waals surface area (Å²) >= 11 is 5.87. The summed E-state index contributed by atoms with van der Waals surface area (Å²) in [5.74, 6) is 1.18. The van der Waals surface area contributed by atoms with Gasteiger partial charge in [0.15, 0.2) is 11.6 Å². The van der Waals surface area contributed by atoms with E-state index in [1.165, 1.54) is 12.4 Å². The monoisotopic (exact) mass is 432 g/mol. The van der Waals surface area contributed by atoms with E-state index in [9.17, 15) is 9.59 Å². The van der Waals surface area contributed by atoms with Gasteiger partial charge in [0.25, 0.3) is 0 Å². The van der Waals surface area contributed by atoms with E-state index >= 15 is 0 Å². The van der Waals surface area contributed by atoms with E-state index in [1.807, 2.05) is 45.0 Å².